The van der Waals surface area contributed by atoms with Crippen LogP contribution in [0.5, 0.6) is 0 Å². The Labute approximate surface area is 134 Å². The lowest BCUT2D eigenvalue weighted by molar-refractivity contribution is -0.385. The van der Waals surface area contributed by atoms with Gasteiger partial charge in [-0.2, -0.15) is 8.78 Å². The molecule has 5 nitrogen and oxygen atoms in total. The molecule has 0 saturated heterocycles. The minimum atomic E-state index is -2.65. The predicted molar refractivity (Wildman–Crippen MR) is 84.1 cm³/mol. The van der Waals surface area contributed by atoms with Crippen molar-refractivity contribution in [2.45, 2.75) is 17.6 Å². The average Bonchev–Trinajstić information content (AvgIpc) is 2.48. The second kappa shape index (κ2) is 7.19. The number of anilines is 1. The Hall–Kier alpha value is -2.48. The van der Waals surface area contributed by atoms with Crippen LogP contribution in [0.15, 0.2) is 47.4 Å². The molecule has 1 N–H and O–H groups in total. The number of thioether (sulfide) groups is 1. The smallest absolute Gasteiger partial charge is 0.288 e. The molecule has 0 saturated carbocycles. The van der Waals surface area contributed by atoms with Gasteiger partial charge in [0, 0.05) is 22.2 Å². The van der Waals surface area contributed by atoms with Crippen molar-refractivity contribution in [3.05, 3.63) is 63.7 Å². The fourth-order valence-electron chi connectivity index (χ4n) is 1.94. The first-order chi connectivity index (χ1) is 10.9. The molecule has 0 aliphatic heterocycles. The van der Waals surface area contributed by atoms with Crippen LogP contribution in [0.2, 0.25) is 0 Å². The summed E-state index contributed by atoms with van der Waals surface area (Å²) < 4.78 is 25.1. The molecule has 2 aromatic rings. The van der Waals surface area contributed by atoms with Crippen molar-refractivity contribution in [3.8, 4) is 0 Å². The number of rotatable bonds is 5. The summed E-state index contributed by atoms with van der Waals surface area (Å²) in [5.41, 5.74) is 0.643. The molecule has 0 heterocycles. The molecular formula is C15H12F2N2O3S. The second-order valence-corrected chi connectivity index (χ2v) is 5.62. The van der Waals surface area contributed by atoms with E-state index in [9.17, 15) is 23.7 Å². The van der Waals surface area contributed by atoms with Gasteiger partial charge in [0.2, 0.25) is 0 Å². The zero-order valence-electron chi connectivity index (χ0n) is 12.0. The number of alkyl halides is 2. The summed E-state index contributed by atoms with van der Waals surface area (Å²) in [5.74, 6) is -3.25. The molecule has 120 valence electrons. The van der Waals surface area contributed by atoms with Crippen LogP contribution in [0.3, 0.4) is 0 Å². The Morgan fingerprint density at radius 3 is 2.61 bits per heavy atom. The van der Waals surface area contributed by atoms with E-state index in [0.717, 1.165) is 0 Å². The molecule has 1 amide bonds. The van der Waals surface area contributed by atoms with Gasteiger partial charge in [-0.1, -0.05) is 30.0 Å². The maximum absolute atomic E-state index is 12.5. The summed E-state index contributed by atoms with van der Waals surface area (Å²) in [6, 6.07) is 10.2. The van der Waals surface area contributed by atoms with Crippen molar-refractivity contribution in [2.24, 2.45) is 0 Å². The topological polar surface area (TPSA) is 72.2 Å². The number of nitro groups is 1. The van der Waals surface area contributed by atoms with E-state index in [-0.39, 0.29) is 33.6 Å². The highest BCUT2D eigenvalue weighted by molar-refractivity contribution is 7.99. The van der Waals surface area contributed by atoms with Gasteiger partial charge < -0.3 is 5.32 Å². The molecule has 8 heteroatoms. The number of carbonyl (C=O) groups is 1. The van der Waals surface area contributed by atoms with E-state index >= 15 is 0 Å². The number of aryl methyl sites for hydroxylation is 1. The van der Waals surface area contributed by atoms with Crippen LogP contribution in [0.25, 0.3) is 0 Å². The number of halogens is 2. The first kappa shape index (κ1) is 16.9. The molecular weight excluding hydrogens is 326 g/mol. The lowest BCUT2D eigenvalue weighted by atomic mass is 10.1. The van der Waals surface area contributed by atoms with Gasteiger partial charge >= 0.3 is 0 Å². The van der Waals surface area contributed by atoms with E-state index in [1.165, 1.54) is 30.3 Å². The number of hydrogen-bond acceptors (Lipinski definition) is 4. The third-order valence-electron chi connectivity index (χ3n) is 3.01. The van der Waals surface area contributed by atoms with Crippen molar-refractivity contribution in [1.82, 2.24) is 0 Å². The molecule has 0 aliphatic carbocycles. The number of nitrogens with one attached hydrogen (secondary N) is 1. The van der Waals surface area contributed by atoms with Gasteiger partial charge in [-0.3, -0.25) is 14.9 Å². The summed E-state index contributed by atoms with van der Waals surface area (Å²) in [6.07, 6.45) is 0. The van der Waals surface area contributed by atoms with E-state index in [0.29, 0.717) is 5.56 Å². The first-order valence-electron chi connectivity index (χ1n) is 6.48. The Balaban J connectivity index is 2.26. The largest absolute Gasteiger partial charge is 0.322 e. The summed E-state index contributed by atoms with van der Waals surface area (Å²) in [6.45, 7) is 1.58. The Bertz CT molecular complexity index is 753. The third-order valence-corrected chi connectivity index (χ3v) is 3.80. The highest BCUT2D eigenvalue weighted by Gasteiger charge is 2.17. The quantitative estimate of drug-likeness (QED) is 0.496. The van der Waals surface area contributed by atoms with Gasteiger partial charge in [-0.25, -0.2) is 0 Å². The number of nitro benzene ring substituents is 1. The fraction of sp³-hybridized carbons (Fsp3) is 0.133. The summed E-state index contributed by atoms with van der Waals surface area (Å²) in [4.78, 5) is 22.7. The molecule has 0 aliphatic rings. The summed E-state index contributed by atoms with van der Waals surface area (Å²) in [7, 11) is 0. The minimum Gasteiger partial charge on any atom is -0.322 e. The Morgan fingerprint density at radius 2 is 1.96 bits per heavy atom. The molecule has 2 aromatic carbocycles. The molecule has 0 atom stereocenters. The fourth-order valence-corrected chi connectivity index (χ4v) is 2.57. The molecule has 0 spiro atoms. The molecule has 0 bridgehead atoms. The van der Waals surface area contributed by atoms with Crippen LogP contribution in [-0.4, -0.2) is 16.6 Å². The van der Waals surface area contributed by atoms with E-state index < -0.39 is 16.6 Å². The first-order valence-corrected chi connectivity index (χ1v) is 7.36. The van der Waals surface area contributed by atoms with Crippen molar-refractivity contribution in [1.29, 1.82) is 0 Å². The monoisotopic (exact) mass is 338 g/mol. The van der Waals surface area contributed by atoms with Crippen molar-refractivity contribution in [3.63, 3.8) is 0 Å². The highest BCUT2D eigenvalue weighted by atomic mass is 32.2. The summed E-state index contributed by atoms with van der Waals surface area (Å²) in [5, 5.41) is 13.4. The molecule has 2 rings (SSSR count). The SMILES string of the molecule is Cc1ccc(NC(=O)c2ccccc2SC(F)F)cc1[N+](=O)[O-]. The van der Waals surface area contributed by atoms with Crippen LogP contribution in [0.1, 0.15) is 15.9 Å². The third kappa shape index (κ3) is 4.26. The maximum atomic E-state index is 12.5. The van der Waals surface area contributed by atoms with Crippen LogP contribution in [0.4, 0.5) is 20.2 Å². The maximum Gasteiger partial charge on any atom is 0.288 e. The molecule has 0 unspecified atom stereocenters. The van der Waals surface area contributed by atoms with Gasteiger partial charge in [-0.15, -0.1) is 0 Å². The van der Waals surface area contributed by atoms with Gasteiger partial charge in [-0.05, 0) is 25.1 Å². The van der Waals surface area contributed by atoms with Gasteiger partial charge in [0.15, 0.2) is 0 Å². The molecule has 0 fully saturated rings. The van der Waals surface area contributed by atoms with Gasteiger partial charge in [0.25, 0.3) is 17.4 Å². The number of hydrogen-bond donors (Lipinski definition) is 1. The Kier molecular flexibility index (Phi) is 5.28. The van der Waals surface area contributed by atoms with E-state index in [1.807, 2.05) is 0 Å². The normalized spacial score (nSPS) is 10.6. The van der Waals surface area contributed by atoms with Crippen LogP contribution >= 0.6 is 11.8 Å². The van der Waals surface area contributed by atoms with E-state index in [4.69, 9.17) is 0 Å². The number of benzene rings is 2. The lowest BCUT2D eigenvalue weighted by Gasteiger charge is -2.10. The van der Waals surface area contributed by atoms with Crippen LogP contribution < -0.4 is 5.32 Å². The van der Waals surface area contributed by atoms with Crippen molar-refractivity contribution < 1.29 is 18.5 Å². The van der Waals surface area contributed by atoms with E-state index in [2.05, 4.69) is 5.32 Å². The Morgan fingerprint density at radius 1 is 1.26 bits per heavy atom. The van der Waals surface area contributed by atoms with Gasteiger partial charge in [0.1, 0.15) is 0 Å². The number of carbonyl (C=O) groups excluding carboxylic acids is 1. The van der Waals surface area contributed by atoms with Crippen LogP contribution in [-0.2, 0) is 0 Å². The minimum absolute atomic E-state index is 0.0843. The van der Waals surface area contributed by atoms with Crippen molar-refractivity contribution >= 4 is 29.0 Å². The zero-order valence-corrected chi connectivity index (χ0v) is 12.8. The van der Waals surface area contributed by atoms with E-state index in [1.54, 1.807) is 19.1 Å². The molecule has 0 aromatic heterocycles. The second-order valence-electron chi connectivity index (χ2n) is 4.59. The van der Waals surface area contributed by atoms with Gasteiger partial charge in [0.05, 0.1) is 10.5 Å². The molecule has 0 radical (unpaired) electrons. The lowest BCUT2D eigenvalue weighted by Crippen LogP contribution is -2.13. The highest BCUT2D eigenvalue weighted by Crippen LogP contribution is 2.29. The zero-order chi connectivity index (χ0) is 17.0. The number of nitrogens with zero attached hydrogens (tertiary/aromatic N) is 1. The average molecular weight is 338 g/mol. The summed E-state index contributed by atoms with van der Waals surface area (Å²) >= 11 is 0.272. The standard InChI is InChI=1S/C15H12F2N2O3S/c1-9-6-7-10(8-12(9)19(21)22)18-14(20)11-4-2-3-5-13(11)23-15(16)17/h2-8,15H,1H3,(H,18,20). The predicted octanol–water partition coefficient (Wildman–Crippen LogP) is 4.47. The molecule has 23 heavy (non-hydrogen) atoms. The van der Waals surface area contributed by atoms with Crippen LogP contribution in [0, 0.1) is 17.0 Å². The number of amides is 1. The van der Waals surface area contributed by atoms with Crippen molar-refractivity contribution in [2.75, 3.05) is 5.32 Å².